The van der Waals surface area contributed by atoms with Gasteiger partial charge in [0, 0.05) is 42.5 Å². The molecule has 0 unspecified atom stereocenters. The van der Waals surface area contributed by atoms with Crippen LogP contribution in [-0.4, -0.2) is 40.2 Å². The smallest absolute Gasteiger partial charge is 0.215 e. The van der Waals surface area contributed by atoms with E-state index >= 15 is 0 Å². The molecule has 0 saturated heterocycles. The van der Waals surface area contributed by atoms with Crippen molar-refractivity contribution in [3.05, 3.63) is 66.2 Å². The molecule has 0 atom stereocenters. The van der Waals surface area contributed by atoms with Gasteiger partial charge in [0.1, 0.15) is 17.5 Å². The molecule has 0 saturated carbocycles. The fraction of sp³-hybridized carbons (Fsp3) is 0.200. The second kappa shape index (κ2) is 9.40. The summed E-state index contributed by atoms with van der Waals surface area (Å²) in [6.45, 7) is 1.10. The highest BCUT2D eigenvalue weighted by Gasteiger charge is 2.10. The number of anilines is 3. The molecule has 164 valence electrons. The Balaban J connectivity index is 1.62. The van der Waals surface area contributed by atoms with Gasteiger partial charge in [-0.1, -0.05) is 17.9 Å². The standard InChI is InChI=1S/C25H22N6O2/c1-26-25-20-15-28-23-13-19(20)18(14-29-25)8-7-17-9-10-27-16-21(17)32-11-2-3-12-33-24-6-4-5-22(30-23)31-24/h4-6,9-10,13-16H,2-3,11-12H2,1H3,(H,26,29)(H,28,30,31). The van der Waals surface area contributed by atoms with Gasteiger partial charge in [0.25, 0.3) is 0 Å². The molecule has 1 aliphatic heterocycles. The van der Waals surface area contributed by atoms with E-state index in [0.29, 0.717) is 36.5 Å². The Bertz CT molecular complexity index is 1360. The molecule has 0 aromatic carbocycles. The van der Waals surface area contributed by atoms with Crippen LogP contribution in [0.2, 0.25) is 0 Å². The van der Waals surface area contributed by atoms with Crippen LogP contribution in [-0.2, 0) is 0 Å². The van der Waals surface area contributed by atoms with E-state index in [1.54, 1.807) is 24.8 Å². The normalized spacial score (nSPS) is 13.2. The number of hydrogen-bond acceptors (Lipinski definition) is 8. The molecule has 4 aromatic rings. The van der Waals surface area contributed by atoms with Crippen molar-refractivity contribution in [2.24, 2.45) is 0 Å². The zero-order valence-electron chi connectivity index (χ0n) is 18.1. The summed E-state index contributed by atoms with van der Waals surface area (Å²) in [6.07, 6.45) is 8.62. The van der Waals surface area contributed by atoms with Crippen molar-refractivity contribution < 1.29 is 9.47 Å². The Morgan fingerprint density at radius 1 is 0.909 bits per heavy atom. The van der Waals surface area contributed by atoms with Crippen molar-refractivity contribution in [3.8, 4) is 23.5 Å². The zero-order chi connectivity index (χ0) is 22.5. The van der Waals surface area contributed by atoms with E-state index in [-0.39, 0.29) is 0 Å². The van der Waals surface area contributed by atoms with Crippen LogP contribution in [0.4, 0.5) is 17.5 Å². The molecule has 5 rings (SSSR count). The molecule has 0 aliphatic carbocycles. The molecule has 4 bridgehead atoms. The molecule has 0 amide bonds. The summed E-state index contributed by atoms with van der Waals surface area (Å²) < 4.78 is 11.8. The lowest BCUT2D eigenvalue weighted by atomic mass is 10.1. The van der Waals surface area contributed by atoms with Crippen LogP contribution < -0.4 is 20.1 Å². The van der Waals surface area contributed by atoms with Gasteiger partial charge in [-0.05, 0) is 31.0 Å². The minimum absolute atomic E-state index is 0.551. The molecule has 0 fully saturated rings. The van der Waals surface area contributed by atoms with Crippen LogP contribution in [0.3, 0.4) is 0 Å². The number of rotatable bonds is 1. The van der Waals surface area contributed by atoms with Gasteiger partial charge in [-0.2, -0.15) is 4.98 Å². The third-order valence-electron chi connectivity index (χ3n) is 5.15. The maximum atomic E-state index is 5.95. The number of aromatic nitrogens is 4. The van der Waals surface area contributed by atoms with E-state index in [0.717, 1.165) is 40.6 Å². The Kier molecular flexibility index (Phi) is 5.85. The average Bonchev–Trinajstić information content (AvgIpc) is 2.85. The van der Waals surface area contributed by atoms with Crippen LogP contribution in [0, 0.1) is 11.8 Å². The van der Waals surface area contributed by atoms with Crippen molar-refractivity contribution in [1.82, 2.24) is 19.9 Å². The summed E-state index contributed by atoms with van der Waals surface area (Å²) in [5.74, 6) is 9.74. The Labute approximate surface area is 191 Å². The number of nitrogens with zero attached hydrogens (tertiary/aromatic N) is 4. The lowest BCUT2D eigenvalue weighted by molar-refractivity contribution is 0.260. The maximum absolute atomic E-state index is 5.95. The van der Waals surface area contributed by atoms with Crippen molar-refractivity contribution in [3.63, 3.8) is 0 Å². The van der Waals surface area contributed by atoms with Gasteiger partial charge in [-0.15, -0.1) is 0 Å². The molecule has 33 heavy (non-hydrogen) atoms. The predicted molar refractivity (Wildman–Crippen MR) is 127 cm³/mol. The summed E-state index contributed by atoms with van der Waals surface area (Å²) in [4.78, 5) is 17.8. The molecular weight excluding hydrogens is 416 g/mol. The first-order valence-electron chi connectivity index (χ1n) is 10.7. The topological polar surface area (TPSA) is 94.1 Å². The van der Waals surface area contributed by atoms with Gasteiger partial charge in [-0.3, -0.25) is 4.98 Å². The fourth-order valence-electron chi connectivity index (χ4n) is 3.49. The van der Waals surface area contributed by atoms with E-state index in [9.17, 15) is 0 Å². The third kappa shape index (κ3) is 4.62. The first-order valence-corrected chi connectivity index (χ1v) is 10.7. The van der Waals surface area contributed by atoms with E-state index < -0.39 is 0 Å². The van der Waals surface area contributed by atoms with Gasteiger partial charge < -0.3 is 20.1 Å². The number of pyridine rings is 4. The average molecular weight is 438 g/mol. The highest BCUT2D eigenvalue weighted by atomic mass is 16.5. The van der Waals surface area contributed by atoms with E-state index in [1.165, 1.54) is 0 Å². The van der Waals surface area contributed by atoms with Crippen LogP contribution in [0.5, 0.6) is 11.6 Å². The molecule has 0 radical (unpaired) electrons. The number of hydrogen-bond donors (Lipinski definition) is 2. The van der Waals surface area contributed by atoms with Gasteiger partial charge >= 0.3 is 0 Å². The second-order valence-electron chi connectivity index (χ2n) is 7.40. The van der Waals surface area contributed by atoms with Crippen molar-refractivity contribution in [2.45, 2.75) is 12.8 Å². The van der Waals surface area contributed by atoms with E-state index in [2.05, 4.69) is 42.4 Å². The van der Waals surface area contributed by atoms with E-state index in [4.69, 9.17) is 9.47 Å². The predicted octanol–water partition coefficient (Wildman–Crippen LogP) is 4.16. The largest absolute Gasteiger partial charge is 0.491 e. The van der Waals surface area contributed by atoms with Crippen LogP contribution in [0.25, 0.3) is 10.8 Å². The van der Waals surface area contributed by atoms with E-state index in [1.807, 2.05) is 37.4 Å². The van der Waals surface area contributed by atoms with Crippen molar-refractivity contribution in [2.75, 3.05) is 30.9 Å². The fourth-order valence-corrected chi connectivity index (χ4v) is 3.49. The quantitative estimate of drug-likeness (QED) is 0.428. The number of fused-ring (bicyclic) bond motifs is 4. The zero-order valence-corrected chi connectivity index (χ0v) is 18.1. The highest BCUT2D eigenvalue weighted by molar-refractivity contribution is 5.96. The van der Waals surface area contributed by atoms with Gasteiger partial charge in [-0.25, -0.2) is 9.97 Å². The van der Waals surface area contributed by atoms with Gasteiger partial charge in [0.2, 0.25) is 5.88 Å². The number of nitrogens with one attached hydrogen (secondary N) is 2. The lowest BCUT2D eigenvalue weighted by Gasteiger charge is -2.11. The highest BCUT2D eigenvalue weighted by Crippen LogP contribution is 2.27. The van der Waals surface area contributed by atoms with Gasteiger partial charge in [0.15, 0.2) is 5.75 Å². The second-order valence-corrected chi connectivity index (χ2v) is 7.40. The maximum Gasteiger partial charge on any atom is 0.215 e. The molecular formula is C25H22N6O2. The first-order chi connectivity index (χ1) is 16.3. The summed E-state index contributed by atoms with van der Waals surface area (Å²) in [5, 5.41) is 8.18. The molecule has 5 heterocycles. The van der Waals surface area contributed by atoms with Crippen LogP contribution in [0.1, 0.15) is 24.0 Å². The van der Waals surface area contributed by atoms with Gasteiger partial charge in [0.05, 0.1) is 30.5 Å². The Morgan fingerprint density at radius 2 is 1.79 bits per heavy atom. The van der Waals surface area contributed by atoms with Crippen LogP contribution in [0.15, 0.2) is 55.1 Å². The Morgan fingerprint density at radius 3 is 2.70 bits per heavy atom. The summed E-state index contributed by atoms with van der Waals surface area (Å²) >= 11 is 0. The van der Waals surface area contributed by atoms with Crippen LogP contribution >= 0.6 is 0 Å². The SMILES string of the molecule is CNc1ncc2c3cc(ncc13)Nc1cccc(n1)OCCCCOc1cnccc1C#C2. The molecule has 0 spiro atoms. The Hall–Kier alpha value is -4.38. The summed E-state index contributed by atoms with van der Waals surface area (Å²) in [7, 11) is 1.83. The molecule has 2 N–H and O–H groups in total. The molecule has 8 heteroatoms. The molecule has 4 aromatic heterocycles. The molecule has 1 aliphatic rings. The lowest BCUT2D eigenvalue weighted by Crippen LogP contribution is -2.05. The van der Waals surface area contributed by atoms with Crippen molar-refractivity contribution >= 4 is 28.2 Å². The first kappa shape index (κ1) is 20.5. The summed E-state index contributed by atoms with van der Waals surface area (Å²) in [6, 6.07) is 9.42. The third-order valence-corrected chi connectivity index (χ3v) is 5.15. The monoisotopic (exact) mass is 438 g/mol. The number of ether oxygens (including phenoxy) is 2. The summed E-state index contributed by atoms with van der Waals surface area (Å²) in [5.41, 5.74) is 1.56. The van der Waals surface area contributed by atoms with Crippen molar-refractivity contribution in [1.29, 1.82) is 0 Å². The molecule has 8 nitrogen and oxygen atoms in total. The minimum atomic E-state index is 0.551. The minimum Gasteiger partial charge on any atom is -0.491 e.